The molecule has 0 spiro atoms. The number of hydrogen-bond acceptors (Lipinski definition) is 12. The fourth-order valence-corrected chi connectivity index (χ4v) is 5.01. The van der Waals surface area contributed by atoms with Crippen molar-refractivity contribution in [3.05, 3.63) is 65.2 Å². The van der Waals surface area contributed by atoms with Gasteiger partial charge in [0.05, 0.1) is 124 Å². The van der Waals surface area contributed by atoms with E-state index in [0.29, 0.717) is 125 Å². The number of anilines is 1. The molecule has 3 rings (SSSR count). The number of nitrogens with one attached hydrogen (secondary N) is 2. The zero-order valence-corrected chi connectivity index (χ0v) is 31.8. The predicted octanol–water partition coefficient (Wildman–Crippen LogP) is 2.03. The van der Waals surface area contributed by atoms with Crippen LogP contribution in [0.3, 0.4) is 0 Å². The van der Waals surface area contributed by atoms with E-state index < -0.39 is 5.97 Å². The molecule has 0 saturated heterocycles. The molecule has 2 amide bonds. The Balaban J connectivity index is 1.03. The van der Waals surface area contributed by atoms with Gasteiger partial charge in [0.1, 0.15) is 0 Å². The fourth-order valence-electron chi connectivity index (χ4n) is 5.01. The summed E-state index contributed by atoms with van der Waals surface area (Å²) in [6, 6.07) is 15.4. The lowest BCUT2D eigenvalue weighted by molar-refractivity contribution is -0.138. The Labute approximate surface area is 324 Å². The average molecular weight is 772 g/mol. The Morgan fingerprint density at radius 1 is 0.545 bits per heavy atom. The number of fused-ring (bicyclic) bond motifs is 2. The lowest BCUT2D eigenvalue weighted by Crippen LogP contribution is -2.34. The second-order valence-corrected chi connectivity index (χ2v) is 12.0. The van der Waals surface area contributed by atoms with Crippen LogP contribution < -0.4 is 15.5 Å². The van der Waals surface area contributed by atoms with Gasteiger partial charge in [-0.2, -0.15) is 0 Å². The third-order valence-corrected chi connectivity index (χ3v) is 7.85. The minimum atomic E-state index is -0.877. The van der Waals surface area contributed by atoms with Crippen LogP contribution in [0.25, 0.3) is 0 Å². The van der Waals surface area contributed by atoms with Gasteiger partial charge in [-0.15, -0.1) is 0 Å². The van der Waals surface area contributed by atoms with E-state index in [9.17, 15) is 14.4 Å². The molecule has 0 unspecified atom stereocenters. The van der Waals surface area contributed by atoms with Crippen LogP contribution in [0.2, 0.25) is 0 Å². The van der Waals surface area contributed by atoms with Crippen molar-refractivity contribution in [1.82, 2.24) is 10.6 Å². The van der Waals surface area contributed by atoms with E-state index in [0.717, 1.165) is 22.4 Å². The van der Waals surface area contributed by atoms with Gasteiger partial charge in [-0.3, -0.25) is 14.4 Å². The third kappa shape index (κ3) is 21.7. The van der Waals surface area contributed by atoms with Gasteiger partial charge >= 0.3 is 5.97 Å². The summed E-state index contributed by atoms with van der Waals surface area (Å²) in [7, 11) is 0. The summed E-state index contributed by atoms with van der Waals surface area (Å²) < 4.78 is 43.5. The van der Waals surface area contributed by atoms with Crippen molar-refractivity contribution in [3.8, 4) is 11.8 Å². The summed E-state index contributed by atoms with van der Waals surface area (Å²) in [5, 5.41) is 14.6. The van der Waals surface area contributed by atoms with E-state index in [1.807, 2.05) is 48.5 Å². The van der Waals surface area contributed by atoms with Gasteiger partial charge in [0, 0.05) is 43.6 Å². The van der Waals surface area contributed by atoms with Crippen LogP contribution in [0.4, 0.5) is 5.69 Å². The zero-order valence-electron chi connectivity index (χ0n) is 31.8. The van der Waals surface area contributed by atoms with Crippen molar-refractivity contribution < 1.29 is 57.4 Å². The van der Waals surface area contributed by atoms with E-state index in [1.54, 1.807) is 4.90 Å². The number of carbonyl (C=O) groups excluding carboxylic acids is 2. The van der Waals surface area contributed by atoms with Crippen molar-refractivity contribution in [1.29, 1.82) is 0 Å². The molecule has 304 valence electrons. The molecule has 0 aromatic heterocycles. The molecule has 0 atom stereocenters. The third-order valence-electron chi connectivity index (χ3n) is 7.85. The molecular formula is C40H57N3O12. The number of amides is 2. The molecule has 1 heterocycles. The Morgan fingerprint density at radius 3 is 1.56 bits per heavy atom. The number of para-hydroxylation sites is 1. The minimum Gasteiger partial charge on any atom is -0.481 e. The number of carboxylic acids is 1. The van der Waals surface area contributed by atoms with Gasteiger partial charge < -0.3 is 58.5 Å². The molecule has 1 aliphatic rings. The molecule has 2 aromatic rings. The number of ether oxygens (including phenoxy) is 8. The molecule has 0 radical (unpaired) electrons. The van der Waals surface area contributed by atoms with E-state index in [4.69, 9.17) is 43.0 Å². The Kier molecular flexibility index (Phi) is 25.0. The predicted molar refractivity (Wildman–Crippen MR) is 204 cm³/mol. The topological polar surface area (TPSA) is 173 Å². The molecule has 1 aliphatic heterocycles. The van der Waals surface area contributed by atoms with E-state index in [-0.39, 0.29) is 37.7 Å². The van der Waals surface area contributed by atoms with Gasteiger partial charge in [0.15, 0.2) is 0 Å². The highest BCUT2D eigenvalue weighted by Gasteiger charge is 2.21. The Morgan fingerprint density at radius 2 is 1.00 bits per heavy atom. The summed E-state index contributed by atoms with van der Waals surface area (Å²) in [4.78, 5) is 37.8. The first kappa shape index (κ1) is 45.4. The first-order valence-corrected chi connectivity index (χ1v) is 18.8. The smallest absolute Gasteiger partial charge is 0.305 e. The van der Waals surface area contributed by atoms with Crippen LogP contribution in [0.5, 0.6) is 0 Å². The summed E-state index contributed by atoms with van der Waals surface area (Å²) in [5.74, 6) is 5.19. The van der Waals surface area contributed by atoms with Crippen molar-refractivity contribution in [2.75, 3.05) is 130 Å². The first-order chi connectivity index (χ1) is 27.0. The molecule has 15 heteroatoms. The number of aliphatic carboxylic acids is 1. The van der Waals surface area contributed by atoms with Crippen molar-refractivity contribution >= 4 is 23.5 Å². The van der Waals surface area contributed by atoms with Crippen LogP contribution in [0.1, 0.15) is 36.0 Å². The number of benzene rings is 2. The SMILES string of the molecule is O=C(O)CCOCCOCCOCCOCCNCCOCCOCCOCCOCCNC(=O)CCC(=O)N1Cc2ccccc2C#Cc2ccccc21. The van der Waals surface area contributed by atoms with Gasteiger partial charge in [0.2, 0.25) is 11.8 Å². The molecule has 0 bridgehead atoms. The van der Waals surface area contributed by atoms with Crippen LogP contribution >= 0.6 is 0 Å². The normalized spacial score (nSPS) is 11.9. The van der Waals surface area contributed by atoms with Gasteiger partial charge in [-0.25, -0.2) is 0 Å². The van der Waals surface area contributed by atoms with Crippen LogP contribution in [0, 0.1) is 11.8 Å². The van der Waals surface area contributed by atoms with Crippen LogP contribution in [-0.4, -0.2) is 148 Å². The molecule has 0 aliphatic carbocycles. The quantitative estimate of drug-likeness (QED) is 0.0712. The molecule has 0 saturated carbocycles. The fraction of sp³-hybridized carbons (Fsp3) is 0.575. The monoisotopic (exact) mass is 771 g/mol. The van der Waals surface area contributed by atoms with E-state index >= 15 is 0 Å². The lowest BCUT2D eigenvalue weighted by atomic mass is 10.0. The highest BCUT2D eigenvalue weighted by atomic mass is 16.6. The molecule has 3 N–H and O–H groups in total. The van der Waals surface area contributed by atoms with Crippen molar-refractivity contribution in [2.24, 2.45) is 0 Å². The molecule has 2 aromatic carbocycles. The Hall–Kier alpha value is -3.95. The second-order valence-electron chi connectivity index (χ2n) is 12.0. The molecule has 0 fully saturated rings. The standard InChI is InChI=1S/C40H57N3O12/c44-38(11-12-39(45)43-33-36-7-2-1-5-34(36)9-10-35-6-3-4-8-37(35)43)42-16-20-51-24-28-55-32-31-54-27-23-50-19-15-41-14-18-49-22-26-53-30-29-52-25-21-48-17-13-40(46)47/h1-8,41H,11-33H2,(H,42,44)(H,46,47). The summed E-state index contributed by atoms with van der Waals surface area (Å²) in [5.41, 5.74) is 3.40. The maximum Gasteiger partial charge on any atom is 0.305 e. The second kappa shape index (κ2) is 30.3. The highest BCUT2D eigenvalue weighted by molar-refractivity contribution is 5.96. The van der Waals surface area contributed by atoms with Crippen molar-refractivity contribution in [2.45, 2.75) is 25.8 Å². The number of carbonyl (C=O) groups is 3. The van der Waals surface area contributed by atoms with E-state index in [1.165, 1.54) is 0 Å². The maximum atomic E-state index is 13.3. The van der Waals surface area contributed by atoms with Gasteiger partial charge in [-0.05, 0) is 23.8 Å². The van der Waals surface area contributed by atoms with E-state index in [2.05, 4.69) is 22.5 Å². The molecule has 15 nitrogen and oxygen atoms in total. The maximum absolute atomic E-state index is 13.3. The molecule has 55 heavy (non-hydrogen) atoms. The van der Waals surface area contributed by atoms with Gasteiger partial charge in [0.25, 0.3) is 0 Å². The number of rotatable bonds is 33. The summed E-state index contributed by atoms with van der Waals surface area (Å²) in [6.45, 7) is 9.20. The summed E-state index contributed by atoms with van der Waals surface area (Å²) in [6.07, 6.45) is 0.165. The number of hydrogen-bond donors (Lipinski definition) is 3. The molecular weight excluding hydrogens is 714 g/mol. The Bertz CT molecular complexity index is 1430. The first-order valence-electron chi connectivity index (χ1n) is 18.8. The number of carboxylic acid groups (broad SMARTS) is 1. The van der Waals surface area contributed by atoms with Crippen molar-refractivity contribution in [3.63, 3.8) is 0 Å². The van der Waals surface area contributed by atoms with Crippen LogP contribution in [0.15, 0.2) is 48.5 Å². The average Bonchev–Trinajstić information content (AvgIpc) is 3.18. The number of nitrogens with zero attached hydrogens (tertiary/aromatic N) is 1. The highest BCUT2D eigenvalue weighted by Crippen LogP contribution is 2.26. The zero-order chi connectivity index (χ0) is 39.0. The van der Waals surface area contributed by atoms with Gasteiger partial charge in [-0.1, -0.05) is 42.2 Å². The lowest BCUT2D eigenvalue weighted by Gasteiger charge is -2.26. The minimum absolute atomic E-state index is 0.00674. The van der Waals surface area contributed by atoms with Crippen LogP contribution in [-0.2, 0) is 58.8 Å². The largest absolute Gasteiger partial charge is 0.481 e. The summed E-state index contributed by atoms with van der Waals surface area (Å²) >= 11 is 0.